The summed E-state index contributed by atoms with van der Waals surface area (Å²) >= 11 is 3.46. The maximum Gasteiger partial charge on any atom is 0.255 e. The summed E-state index contributed by atoms with van der Waals surface area (Å²) in [6, 6.07) is 6.10. The largest absolute Gasteiger partial charge is 0.497 e. The van der Waals surface area contributed by atoms with Gasteiger partial charge in [0.25, 0.3) is 5.91 Å². The van der Waals surface area contributed by atoms with Crippen molar-refractivity contribution < 1.29 is 9.53 Å². The molecule has 0 aliphatic carbocycles. The number of halogens is 1. The summed E-state index contributed by atoms with van der Waals surface area (Å²) < 4.78 is 6.03. The number of amides is 1. The van der Waals surface area contributed by atoms with E-state index in [-0.39, 0.29) is 5.91 Å². The fraction of sp³-hybridized carbons (Fsp3) is 0.562. The molecule has 0 spiro atoms. The highest BCUT2D eigenvalue weighted by Crippen LogP contribution is 2.24. The maximum absolute atomic E-state index is 12.7. The first kappa shape index (κ1) is 16.3. The quantitative estimate of drug-likeness (QED) is 0.832. The molecule has 0 aromatic heterocycles. The van der Waals surface area contributed by atoms with Crippen LogP contribution >= 0.6 is 15.9 Å². The van der Waals surface area contributed by atoms with Crippen LogP contribution in [0.3, 0.4) is 0 Å². The first-order valence-corrected chi connectivity index (χ1v) is 8.23. The minimum absolute atomic E-state index is 0.0737. The van der Waals surface area contributed by atoms with Crippen LogP contribution in [0.2, 0.25) is 0 Å². The van der Waals surface area contributed by atoms with Crippen molar-refractivity contribution in [1.82, 2.24) is 9.80 Å². The van der Waals surface area contributed by atoms with Crippen molar-refractivity contribution in [3.8, 4) is 5.75 Å². The fourth-order valence-corrected chi connectivity index (χ4v) is 3.01. The minimum atomic E-state index is 0.0737. The first-order valence-electron chi connectivity index (χ1n) is 7.43. The maximum atomic E-state index is 12.7. The van der Waals surface area contributed by atoms with Gasteiger partial charge in [0.2, 0.25) is 0 Å². The molecular formula is C16H23BrN2O2. The summed E-state index contributed by atoms with van der Waals surface area (Å²) in [5.74, 6) is 0.782. The van der Waals surface area contributed by atoms with Gasteiger partial charge >= 0.3 is 0 Å². The second-order valence-corrected chi connectivity index (χ2v) is 6.29. The number of benzene rings is 1. The fourth-order valence-electron chi connectivity index (χ4n) is 2.59. The average molecular weight is 355 g/mol. The molecule has 0 radical (unpaired) electrons. The number of carbonyl (C=O) groups is 1. The normalized spacial score (nSPS) is 17.6. The number of carbonyl (C=O) groups excluding carboxylic acids is 1. The van der Waals surface area contributed by atoms with E-state index < -0.39 is 0 Å². The van der Waals surface area contributed by atoms with Crippen molar-refractivity contribution in [3.05, 3.63) is 28.2 Å². The van der Waals surface area contributed by atoms with Gasteiger partial charge in [0.15, 0.2) is 0 Å². The van der Waals surface area contributed by atoms with E-state index >= 15 is 0 Å². The molecule has 0 bridgehead atoms. The predicted octanol–water partition coefficient (Wildman–Crippen LogP) is 3.01. The van der Waals surface area contributed by atoms with Gasteiger partial charge in [0.05, 0.1) is 12.7 Å². The SMILES string of the molecule is CCC(C)N1CCN(C(=O)c2cc(OC)ccc2Br)CC1. The Morgan fingerprint density at radius 3 is 2.57 bits per heavy atom. The Bertz CT molecular complexity index is 499. The molecule has 1 aliphatic heterocycles. The lowest BCUT2D eigenvalue weighted by molar-refractivity contribution is 0.0578. The number of ether oxygens (including phenoxy) is 1. The van der Waals surface area contributed by atoms with Crippen molar-refractivity contribution in [2.45, 2.75) is 26.3 Å². The molecule has 1 atom stereocenters. The standard InChI is InChI=1S/C16H23BrN2O2/c1-4-12(2)18-7-9-19(10-8-18)16(20)14-11-13(21-3)5-6-15(14)17/h5-6,11-12H,4,7-10H2,1-3H3. The highest BCUT2D eigenvalue weighted by Gasteiger charge is 2.25. The van der Waals surface area contributed by atoms with Gasteiger partial charge in [-0.1, -0.05) is 6.92 Å². The third kappa shape index (κ3) is 3.77. The molecule has 0 N–H and O–H groups in total. The van der Waals surface area contributed by atoms with E-state index in [0.29, 0.717) is 17.4 Å². The summed E-state index contributed by atoms with van der Waals surface area (Å²) in [4.78, 5) is 17.0. The van der Waals surface area contributed by atoms with Gasteiger partial charge < -0.3 is 9.64 Å². The van der Waals surface area contributed by atoms with E-state index in [2.05, 4.69) is 34.7 Å². The topological polar surface area (TPSA) is 32.8 Å². The van der Waals surface area contributed by atoms with Gasteiger partial charge in [-0.05, 0) is 47.5 Å². The van der Waals surface area contributed by atoms with E-state index in [9.17, 15) is 4.79 Å². The van der Waals surface area contributed by atoms with Gasteiger partial charge in [-0.2, -0.15) is 0 Å². The van der Waals surface area contributed by atoms with Crippen molar-refractivity contribution in [3.63, 3.8) is 0 Å². The minimum Gasteiger partial charge on any atom is -0.497 e. The monoisotopic (exact) mass is 354 g/mol. The molecule has 1 unspecified atom stereocenters. The summed E-state index contributed by atoms with van der Waals surface area (Å²) in [5, 5.41) is 0. The zero-order valence-electron chi connectivity index (χ0n) is 12.9. The van der Waals surface area contributed by atoms with Gasteiger partial charge in [-0.3, -0.25) is 9.69 Å². The molecule has 21 heavy (non-hydrogen) atoms. The Morgan fingerprint density at radius 1 is 1.33 bits per heavy atom. The lowest BCUT2D eigenvalue weighted by Gasteiger charge is -2.38. The van der Waals surface area contributed by atoms with Crippen molar-refractivity contribution in [1.29, 1.82) is 0 Å². The molecule has 1 fully saturated rings. The molecule has 1 heterocycles. The highest BCUT2D eigenvalue weighted by atomic mass is 79.9. The number of piperazine rings is 1. The summed E-state index contributed by atoms with van der Waals surface area (Å²) in [5.41, 5.74) is 0.673. The third-order valence-electron chi connectivity index (χ3n) is 4.22. The number of hydrogen-bond acceptors (Lipinski definition) is 3. The molecule has 5 heteroatoms. The molecule has 2 rings (SSSR count). The second kappa shape index (κ2) is 7.27. The first-order chi connectivity index (χ1) is 10.1. The number of nitrogens with zero attached hydrogens (tertiary/aromatic N) is 2. The smallest absolute Gasteiger partial charge is 0.255 e. The zero-order chi connectivity index (χ0) is 15.4. The Balaban J connectivity index is 2.05. The second-order valence-electron chi connectivity index (χ2n) is 5.43. The summed E-state index contributed by atoms with van der Waals surface area (Å²) in [7, 11) is 1.61. The molecule has 1 aromatic carbocycles. The van der Waals surface area contributed by atoms with Crippen LogP contribution in [0.1, 0.15) is 30.6 Å². The number of hydrogen-bond donors (Lipinski definition) is 0. The molecule has 1 aromatic rings. The van der Waals surface area contributed by atoms with Gasteiger partial charge in [0.1, 0.15) is 5.75 Å². The Morgan fingerprint density at radius 2 is 2.00 bits per heavy atom. The summed E-state index contributed by atoms with van der Waals surface area (Å²) in [6.45, 7) is 7.91. The van der Waals surface area contributed by atoms with Gasteiger partial charge in [0, 0.05) is 36.7 Å². The lowest BCUT2D eigenvalue weighted by atomic mass is 10.1. The van der Waals surface area contributed by atoms with Gasteiger partial charge in [-0.25, -0.2) is 0 Å². The molecular weight excluding hydrogens is 332 g/mol. The van der Waals surface area contributed by atoms with Crippen LogP contribution in [0.5, 0.6) is 5.75 Å². The Hall–Kier alpha value is -1.07. The van der Waals surface area contributed by atoms with Crippen molar-refractivity contribution in [2.75, 3.05) is 33.3 Å². The molecule has 1 aliphatic rings. The number of methoxy groups -OCH3 is 1. The predicted molar refractivity (Wildman–Crippen MR) is 87.9 cm³/mol. The molecule has 4 nitrogen and oxygen atoms in total. The van der Waals surface area contributed by atoms with E-state index in [4.69, 9.17) is 4.74 Å². The van der Waals surface area contributed by atoms with Crippen LogP contribution in [0.15, 0.2) is 22.7 Å². The zero-order valence-corrected chi connectivity index (χ0v) is 14.5. The van der Waals surface area contributed by atoms with Crippen LogP contribution < -0.4 is 4.74 Å². The highest BCUT2D eigenvalue weighted by molar-refractivity contribution is 9.10. The van der Waals surface area contributed by atoms with Crippen molar-refractivity contribution in [2.24, 2.45) is 0 Å². The van der Waals surface area contributed by atoms with E-state index in [1.165, 1.54) is 0 Å². The van der Waals surface area contributed by atoms with Crippen LogP contribution in [0.4, 0.5) is 0 Å². The van der Waals surface area contributed by atoms with Crippen LogP contribution in [-0.4, -0.2) is 55.0 Å². The van der Waals surface area contributed by atoms with Crippen molar-refractivity contribution >= 4 is 21.8 Å². The van der Waals surface area contributed by atoms with Crippen LogP contribution in [0, 0.1) is 0 Å². The Labute approximate surface area is 135 Å². The molecule has 0 saturated carbocycles. The van der Waals surface area contributed by atoms with Gasteiger partial charge in [-0.15, -0.1) is 0 Å². The lowest BCUT2D eigenvalue weighted by Crippen LogP contribution is -2.51. The average Bonchev–Trinajstić information content (AvgIpc) is 2.54. The molecule has 1 saturated heterocycles. The van der Waals surface area contributed by atoms with E-state index in [1.807, 2.05) is 17.0 Å². The van der Waals surface area contributed by atoms with E-state index in [0.717, 1.165) is 37.1 Å². The Kier molecular flexibility index (Phi) is 5.65. The van der Waals surface area contributed by atoms with Crippen LogP contribution in [-0.2, 0) is 0 Å². The number of rotatable bonds is 4. The molecule has 1 amide bonds. The van der Waals surface area contributed by atoms with Crippen LogP contribution in [0.25, 0.3) is 0 Å². The van der Waals surface area contributed by atoms with E-state index in [1.54, 1.807) is 13.2 Å². The third-order valence-corrected chi connectivity index (χ3v) is 4.91. The molecule has 116 valence electrons. The summed E-state index contributed by atoms with van der Waals surface area (Å²) in [6.07, 6.45) is 1.15.